The van der Waals surface area contributed by atoms with Gasteiger partial charge in [0.15, 0.2) is 6.61 Å². The zero-order chi connectivity index (χ0) is 23.6. The number of anilines is 1. The molecular weight excluding hydrogens is 438 g/mol. The van der Waals surface area contributed by atoms with Crippen LogP contribution in [0.15, 0.2) is 53.9 Å². The van der Waals surface area contributed by atoms with Gasteiger partial charge in [0, 0.05) is 10.9 Å². The van der Waals surface area contributed by atoms with Gasteiger partial charge in [0.25, 0.3) is 5.91 Å². The molecule has 0 bridgehead atoms. The quantitative estimate of drug-likeness (QED) is 0.352. The number of carbonyl (C=O) groups excluding carboxylic acids is 2. The topological polar surface area (TPSA) is 73.9 Å². The number of ether oxygens (including phenoxy) is 3. The van der Waals surface area contributed by atoms with Gasteiger partial charge >= 0.3 is 5.97 Å². The van der Waals surface area contributed by atoms with Crippen molar-refractivity contribution in [2.45, 2.75) is 33.6 Å². The Morgan fingerprint density at radius 3 is 2.18 bits per heavy atom. The van der Waals surface area contributed by atoms with Crippen molar-refractivity contribution in [1.82, 2.24) is 0 Å². The molecule has 1 amide bonds. The number of carbonyl (C=O) groups is 2. The standard InChI is InChI=1S/C26H29NO5S/c1-4-7-18-8-12-21(13-9-18)32-16-23(28)27-25-24(26(29)31-6-3)22(17-33-25)19-10-14-20(15-11-19)30-5-2/h8-15,17H,4-7,16H2,1-3H3,(H,27,28). The summed E-state index contributed by atoms with van der Waals surface area (Å²) in [5.41, 5.74) is 3.10. The second-order valence-corrected chi connectivity index (χ2v) is 8.14. The van der Waals surface area contributed by atoms with E-state index in [0.717, 1.165) is 24.2 Å². The molecule has 174 valence electrons. The van der Waals surface area contributed by atoms with Crippen molar-refractivity contribution in [3.8, 4) is 22.6 Å². The van der Waals surface area contributed by atoms with E-state index in [1.165, 1.54) is 16.9 Å². The summed E-state index contributed by atoms with van der Waals surface area (Å²) >= 11 is 1.28. The van der Waals surface area contributed by atoms with Gasteiger partial charge in [-0.15, -0.1) is 11.3 Å². The van der Waals surface area contributed by atoms with Gasteiger partial charge < -0.3 is 19.5 Å². The zero-order valence-corrected chi connectivity index (χ0v) is 20.0. The highest BCUT2D eigenvalue weighted by Crippen LogP contribution is 2.37. The molecule has 3 aromatic rings. The molecule has 1 aromatic heterocycles. The predicted molar refractivity (Wildman–Crippen MR) is 131 cm³/mol. The molecule has 7 heteroatoms. The Morgan fingerprint density at radius 2 is 1.55 bits per heavy atom. The van der Waals surface area contributed by atoms with Crippen molar-refractivity contribution in [2.75, 3.05) is 25.1 Å². The Labute approximate surface area is 198 Å². The number of hydrogen-bond donors (Lipinski definition) is 1. The van der Waals surface area contributed by atoms with Crippen LogP contribution in [0, 0.1) is 0 Å². The maximum atomic E-state index is 12.7. The van der Waals surface area contributed by atoms with E-state index in [1.807, 2.05) is 60.8 Å². The number of amides is 1. The van der Waals surface area contributed by atoms with Gasteiger partial charge in [0.05, 0.1) is 13.2 Å². The van der Waals surface area contributed by atoms with Gasteiger partial charge in [-0.2, -0.15) is 0 Å². The first-order chi connectivity index (χ1) is 16.0. The number of rotatable bonds is 11. The molecule has 0 aliphatic carbocycles. The molecule has 0 unspecified atom stereocenters. The Balaban J connectivity index is 1.73. The molecule has 0 aliphatic heterocycles. The molecule has 1 N–H and O–H groups in total. The average Bonchev–Trinajstić information content (AvgIpc) is 3.23. The van der Waals surface area contributed by atoms with Crippen molar-refractivity contribution in [1.29, 1.82) is 0 Å². The molecule has 0 fully saturated rings. The van der Waals surface area contributed by atoms with Gasteiger partial charge in [-0.05, 0) is 55.7 Å². The lowest BCUT2D eigenvalue weighted by molar-refractivity contribution is -0.118. The maximum Gasteiger partial charge on any atom is 0.341 e. The normalized spacial score (nSPS) is 10.5. The molecular formula is C26H29NO5S. The summed E-state index contributed by atoms with van der Waals surface area (Å²) in [6.45, 7) is 6.45. The third kappa shape index (κ3) is 6.58. The molecule has 33 heavy (non-hydrogen) atoms. The molecule has 0 saturated carbocycles. The smallest absolute Gasteiger partial charge is 0.341 e. The molecule has 0 spiro atoms. The highest BCUT2D eigenvalue weighted by Gasteiger charge is 2.23. The van der Waals surface area contributed by atoms with Crippen LogP contribution in [-0.4, -0.2) is 31.7 Å². The van der Waals surface area contributed by atoms with Crippen LogP contribution in [0.3, 0.4) is 0 Å². The maximum absolute atomic E-state index is 12.7. The van der Waals surface area contributed by atoms with Crippen molar-refractivity contribution >= 4 is 28.2 Å². The van der Waals surface area contributed by atoms with Crippen molar-refractivity contribution in [2.24, 2.45) is 0 Å². The first kappa shape index (κ1) is 24.3. The number of esters is 1. The van der Waals surface area contributed by atoms with E-state index in [1.54, 1.807) is 6.92 Å². The Morgan fingerprint density at radius 1 is 0.879 bits per heavy atom. The Kier molecular flexibility index (Phi) is 8.89. The molecule has 2 aromatic carbocycles. The fraction of sp³-hybridized carbons (Fsp3) is 0.308. The van der Waals surface area contributed by atoms with Gasteiger partial charge in [-0.1, -0.05) is 37.6 Å². The highest BCUT2D eigenvalue weighted by molar-refractivity contribution is 7.15. The van der Waals surface area contributed by atoms with Crippen LogP contribution >= 0.6 is 11.3 Å². The minimum absolute atomic E-state index is 0.161. The van der Waals surface area contributed by atoms with E-state index < -0.39 is 5.97 Å². The number of hydrogen-bond acceptors (Lipinski definition) is 6. The van der Waals surface area contributed by atoms with Crippen molar-refractivity contribution in [3.63, 3.8) is 0 Å². The number of nitrogens with one attached hydrogen (secondary N) is 1. The molecule has 0 saturated heterocycles. The van der Waals surface area contributed by atoms with E-state index in [9.17, 15) is 9.59 Å². The van der Waals surface area contributed by atoms with Crippen LogP contribution in [0.1, 0.15) is 43.1 Å². The van der Waals surface area contributed by atoms with Gasteiger partial charge in [0.2, 0.25) is 0 Å². The third-order valence-electron chi connectivity index (χ3n) is 4.83. The van der Waals surface area contributed by atoms with Crippen LogP contribution in [0.5, 0.6) is 11.5 Å². The lowest BCUT2D eigenvalue weighted by Gasteiger charge is -2.10. The second kappa shape index (κ2) is 12.1. The second-order valence-electron chi connectivity index (χ2n) is 7.26. The monoisotopic (exact) mass is 467 g/mol. The van der Waals surface area contributed by atoms with Crippen LogP contribution < -0.4 is 14.8 Å². The van der Waals surface area contributed by atoms with Gasteiger partial charge in [-0.3, -0.25) is 4.79 Å². The molecule has 0 radical (unpaired) electrons. The summed E-state index contributed by atoms with van der Waals surface area (Å²) in [4.78, 5) is 25.3. The van der Waals surface area contributed by atoms with Crippen LogP contribution in [0.2, 0.25) is 0 Å². The SMILES string of the molecule is CCCc1ccc(OCC(=O)Nc2scc(-c3ccc(OCC)cc3)c2C(=O)OCC)cc1. The summed E-state index contributed by atoms with van der Waals surface area (Å²) in [7, 11) is 0. The van der Waals surface area contributed by atoms with Crippen molar-refractivity contribution in [3.05, 3.63) is 65.0 Å². The summed E-state index contributed by atoms with van der Waals surface area (Å²) in [6.07, 6.45) is 2.08. The first-order valence-electron chi connectivity index (χ1n) is 11.1. The van der Waals surface area contributed by atoms with Crippen LogP contribution in [-0.2, 0) is 16.0 Å². The summed E-state index contributed by atoms with van der Waals surface area (Å²) in [5, 5.41) is 5.08. The molecule has 0 atom stereocenters. The first-order valence-corrected chi connectivity index (χ1v) is 12.0. The van der Waals surface area contributed by atoms with Crippen molar-refractivity contribution < 1.29 is 23.8 Å². The molecule has 0 aliphatic rings. The largest absolute Gasteiger partial charge is 0.494 e. The van der Waals surface area contributed by atoms with Crippen LogP contribution in [0.25, 0.3) is 11.1 Å². The third-order valence-corrected chi connectivity index (χ3v) is 5.73. The van der Waals surface area contributed by atoms with Gasteiger partial charge in [-0.25, -0.2) is 4.79 Å². The predicted octanol–water partition coefficient (Wildman–Crippen LogP) is 5.96. The van der Waals surface area contributed by atoms with E-state index in [2.05, 4.69) is 12.2 Å². The number of thiophene rings is 1. The lowest BCUT2D eigenvalue weighted by Crippen LogP contribution is -2.21. The van der Waals surface area contributed by atoms with E-state index in [0.29, 0.717) is 28.5 Å². The minimum atomic E-state index is -0.481. The van der Waals surface area contributed by atoms with Crippen LogP contribution in [0.4, 0.5) is 5.00 Å². The number of aryl methyl sites for hydroxylation is 1. The fourth-order valence-electron chi connectivity index (χ4n) is 3.32. The Hall–Kier alpha value is -3.32. The minimum Gasteiger partial charge on any atom is -0.494 e. The fourth-order valence-corrected chi connectivity index (χ4v) is 4.29. The summed E-state index contributed by atoms with van der Waals surface area (Å²) in [5.74, 6) is 0.545. The molecule has 3 rings (SSSR count). The van der Waals surface area contributed by atoms with Gasteiger partial charge in [0.1, 0.15) is 22.1 Å². The van der Waals surface area contributed by atoms with E-state index in [-0.39, 0.29) is 19.1 Å². The van der Waals surface area contributed by atoms with E-state index >= 15 is 0 Å². The zero-order valence-electron chi connectivity index (χ0n) is 19.2. The summed E-state index contributed by atoms with van der Waals surface area (Å²) < 4.78 is 16.4. The molecule has 1 heterocycles. The summed E-state index contributed by atoms with van der Waals surface area (Å²) in [6, 6.07) is 15.2. The molecule has 6 nitrogen and oxygen atoms in total. The highest BCUT2D eigenvalue weighted by atomic mass is 32.1. The van der Waals surface area contributed by atoms with E-state index in [4.69, 9.17) is 14.2 Å². The average molecular weight is 468 g/mol. The Bertz CT molecular complexity index is 1060. The number of benzene rings is 2. The lowest BCUT2D eigenvalue weighted by atomic mass is 10.0.